The predicted molar refractivity (Wildman–Crippen MR) is 118 cm³/mol. The first kappa shape index (κ1) is 21.7. The van der Waals surface area contributed by atoms with E-state index < -0.39 is 15.9 Å². The van der Waals surface area contributed by atoms with Crippen molar-refractivity contribution in [2.45, 2.75) is 36.9 Å². The highest BCUT2D eigenvalue weighted by Gasteiger charge is 2.22. The van der Waals surface area contributed by atoms with Gasteiger partial charge in [-0.05, 0) is 38.2 Å². The normalized spacial score (nSPS) is 11.4. The molecule has 0 radical (unpaired) electrons. The topological polar surface area (TPSA) is 114 Å². The zero-order valence-electron chi connectivity index (χ0n) is 16.1. The molecule has 3 rings (SSSR count). The van der Waals surface area contributed by atoms with Crippen LogP contribution in [0.1, 0.15) is 33.4 Å². The first-order valence-corrected chi connectivity index (χ1v) is 12.6. The molecule has 29 heavy (non-hydrogen) atoms. The number of nitrogens with zero attached hydrogens (tertiary/aromatic N) is 3. The van der Waals surface area contributed by atoms with Crippen LogP contribution in [0.3, 0.4) is 0 Å². The van der Waals surface area contributed by atoms with Gasteiger partial charge in [0.25, 0.3) is 15.9 Å². The van der Waals surface area contributed by atoms with Crippen LogP contribution >= 0.6 is 34.4 Å². The largest absolute Gasteiger partial charge is 0.296 e. The lowest BCUT2D eigenvalue weighted by Crippen LogP contribution is -2.14. The van der Waals surface area contributed by atoms with Crippen LogP contribution in [0.5, 0.6) is 0 Å². The highest BCUT2D eigenvalue weighted by atomic mass is 32.2. The summed E-state index contributed by atoms with van der Waals surface area (Å²) in [4.78, 5) is 17.2. The number of benzene rings is 1. The first-order chi connectivity index (χ1) is 13.7. The average Bonchev–Trinajstić information content (AvgIpc) is 3.20. The summed E-state index contributed by atoms with van der Waals surface area (Å²) in [7, 11) is -3.81. The molecule has 154 valence electrons. The van der Waals surface area contributed by atoms with Crippen molar-refractivity contribution in [1.82, 2.24) is 15.2 Å². The van der Waals surface area contributed by atoms with Crippen LogP contribution in [-0.4, -0.2) is 35.3 Å². The van der Waals surface area contributed by atoms with E-state index in [0.29, 0.717) is 21.3 Å². The van der Waals surface area contributed by atoms with Crippen molar-refractivity contribution >= 4 is 60.6 Å². The average molecular weight is 470 g/mol. The van der Waals surface area contributed by atoms with E-state index in [0.717, 1.165) is 27.0 Å². The molecular formula is C17H19N5O3S4. The molecule has 0 fully saturated rings. The number of nitrogens with one attached hydrogen (secondary N) is 2. The van der Waals surface area contributed by atoms with Gasteiger partial charge in [0.1, 0.15) is 4.88 Å². The van der Waals surface area contributed by atoms with E-state index in [4.69, 9.17) is 0 Å². The first-order valence-electron chi connectivity index (χ1n) is 8.54. The number of aromatic nitrogens is 3. The molecule has 1 aromatic carbocycles. The second kappa shape index (κ2) is 8.78. The summed E-state index contributed by atoms with van der Waals surface area (Å²) in [6, 6.07) is 5.09. The fourth-order valence-corrected chi connectivity index (χ4v) is 6.49. The minimum atomic E-state index is -3.81. The Morgan fingerprint density at radius 3 is 2.59 bits per heavy atom. The number of carbonyl (C=O) groups is 1. The summed E-state index contributed by atoms with van der Waals surface area (Å²) in [5.41, 5.74) is 2.04. The number of hydrogen-bond donors (Lipinski definition) is 2. The molecule has 0 spiro atoms. The molecule has 0 saturated heterocycles. The molecule has 0 bridgehead atoms. The van der Waals surface area contributed by atoms with Crippen molar-refractivity contribution in [3.8, 4) is 0 Å². The second-order valence-corrected chi connectivity index (χ2v) is 11.2. The summed E-state index contributed by atoms with van der Waals surface area (Å²) in [5.74, 6) is 0.460. The fraction of sp³-hybridized carbons (Fsp3) is 0.294. The molecule has 2 aromatic heterocycles. The van der Waals surface area contributed by atoms with Gasteiger partial charge < -0.3 is 0 Å². The van der Waals surface area contributed by atoms with Gasteiger partial charge in [0.15, 0.2) is 9.47 Å². The van der Waals surface area contributed by atoms with Crippen molar-refractivity contribution in [1.29, 1.82) is 0 Å². The number of hydrogen-bond acceptors (Lipinski definition) is 9. The van der Waals surface area contributed by atoms with E-state index in [1.165, 1.54) is 23.1 Å². The van der Waals surface area contributed by atoms with Crippen LogP contribution < -0.4 is 10.0 Å². The zero-order chi connectivity index (χ0) is 21.2. The molecule has 0 aliphatic heterocycles. The van der Waals surface area contributed by atoms with Gasteiger partial charge in [-0.1, -0.05) is 59.1 Å². The molecule has 3 aromatic rings. The Morgan fingerprint density at radius 1 is 1.14 bits per heavy atom. The third-order valence-corrected chi connectivity index (χ3v) is 8.29. The molecule has 0 atom stereocenters. The van der Waals surface area contributed by atoms with Gasteiger partial charge in [0, 0.05) is 0 Å². The van der Waals surface area contributed by atoms with Crippen LogP contribution in [0.15, 0.2) is 27.4 Å². The van der Waals surface area contributed by atoms with Crippen LogP contribution in [0.25, 0.3) is 0 Å². The number of amides is 1. The maximum absolute atomic E-state index is 12.7. The molecule has 2 heterocycles. The van der Waals surface area contributed by atoms with Crippen molar-refractivity contribution in [3.05, 3.63) is 39.9 Å². The summed E-state index contributed by atoms with van der Waals surface area (Å²) >= 11 is 3.80. The molecule has 2 N–H and O–H groups in total. The zero-order valence-corrected chi connectivity index (χ0v) is 19.4. The fourth-order valence-electron chi connectivity index (χ4n) is 2.52. The summed E-state index contributed by atoms with van der Waals surface area (Å²) in [6.07, 6.45) is 0. The Bertz CT molecular complexity index is 1150. The van der Waals surface area contributed by atoms with Crippen molar-refractivity contribution in [2.75, 3.05) is 15.8 Å². The van der Waals surface area contributed by atoms with Crippen LogP contribution in [-0.2, 0) is 10.0 Å². The van der Waals surface area contributed by atoms with E-state index in [1.54, 1.807) is 32.0 Å². The summed E-state index contributed by atoms with van der Waals surface area (Å²) < 4.78 is 28.7. The lowest BCUT2D eigenvalue weighted by Gasteiger charge is -2.08. The highest BCUT2D eigenvalue weighted by molar-refractivity contribution is 8.01. The standard InChI is InChI=1S/C17H19N5O3S4/c1-5-26-17-21-20-15(28-17)19-14(23)13-11(4)18-16(27-13)22-29(24,25)12-7-6-9(2)8-10(12)3/h6-8H,5H2,1-4H3,(H,18,22)(H,19,20,23). The van der Waals surface area contributed by atoms with E-state index in [9.17, 15) is 13.2 Å². The third kappa shape index (κ3) is 5.13. The number of anilines is 2. The summed E-state index contributed by atoms with van der Waals surface area (Å²) in [5, 5.41) is 11.1. The summed E-state index contributed by atoms with van der Waals surface area (Å²) in [6.45, 7) is 7.29. The lowest BCUT2D eigenvalue weighted by atomic mass is 10.2. The number of rotatable bonds is 7. The molecule has 0 saturated carbocycles. The van der Waals surface area contributed by atoms with Crippen LogP contribution in [0, 0.1) is 20.8 Å². The van der Waals surface area contributed by atoms with Crippen molar-refractivity contribution in [2.24, 2.45) is 0 Å². The minimum absolute atomic E-state index is 0.132. The maximum atomic E-state index is 12.7. The number of aryl methyl sites for hydroxylation is 3. The molecule has 0 aliphatic carbocycles. The Balaban J connectivity index is 1.77. The van der Waals surface area contributed by atoms with Gasteiger partial charge in [-0.15, -0.1) is 10.2 Å². The van der Waals surface area contributed by atoms with Crippen LogP contribution in [0.2, 0.25) is 0 Å². The third-order valence-electron chi connectivity index (χ3n) is 3.74. The minimum Gasteiger partial charge on any atom is -0.296 e. The number of thioether (sulfide) groups is 1. The van der Waals surface area contributed by atoms with Gasteiger partial charge >= 0.3 is 0 Å². The van der Waals surface area contributed by atoms with Gasteiger partial charge in [-0.2, -0.15) is 0 Å². The van der Waals surface area contributed by atoms with Gasteiger partial charge in [0.2, 0.25) is 5.13 Å². The smallest absolute Gasteiger partial charge is 0.269 e. The Hall–Kier alpha value is -2.02. The van der Waals surface area contributed by atoms with Gasteiger partial charge in [0.05, 0.1) is 10.6 Å². The molecular weight excluding hydrogens is 450 g/mol. The molecule has 0 unspecified atom stereocenters. The van der Waals surface area contributed by atoms with E-state index in [-0.39, 0.29) is 10.0 Å². The highest BCUT2D eigenvalue weighted by Crippen LogP contribution is 2.29. The molecule has 8 nitrogen and oxygen atoms in total. The van der Waals surface area contributed by atoms with Gasteiger partial charge in [-0.3, -0.25) is 14.8 Å². The number of sulfonamides is 1. The monoisotopic (exact) mass is 469 g/mol. The van der Waals surface area contributed by atoms with Crippen molar-refractivity contribution in [3.63, 3.8) is 0 Å². The maximum Gasteiger partial charge on any atom is 0.269 e. The quantitative estimate of drug-likeness (QED) is 0.396. The predicted octanol–water partition coefficient (Wildman–Crippen LogP) is 4.08. The van der Waals surface area contributed by atoms with Crippen LogP contribution in [0.4, 0.5) is 10.3 Å². The van der Waals surface area contributed by atoms with Gasteiger partial charge in [-0.25, -0.2) is 13.4 Å². The van der Waals surface area contributed by atoms with E-state index in [2.05, 4.69) is 25.2 Å². The molecule has 12 heteroatoms. The van der Waals surface area contributed by atoms with Crippen molar-refractivity contribution < 1.29 is 13.2 Å². The Labute approximate surface area is 181 Å². The SMILES string of the molecule is CCSc1nnc(NC(=O)c2sc(NS(=O)(=O)c3ccc(C)cc3C)nc2C)s1. The Morgan fingerprint density at radius 2 is 1.90 bits per heavy atom. The number of carbonyl (C=O) groups excluding carboxylic acids is 1. The molecule has 1 amide bonds. The Kier molecular flexibility index (Phi) is 6.56. The molecule has 0 aliphatic rings. The number of thiazole rings is 1. The van der Waals surface area contributed by atoms with E-state index >= 15 is 0 Å². The van der Waals surface area contributed by atoms with E-state index in [1.807, 2.05) is 13.8 Å². The lowest BCUT2D eigenvalue weighted by molar-refractivity contribution is 0.102. The second-order valence-electron chi connectivity index (χ2n) is 6.07.